The minimum Gasteiger partial charge on any atom is -0.273 e. The highest BCUT2D eigenvalue weighted by Crippen LogP contribution is 2.13. The van der Waals surface area contributed by atoms with Crippen molar-refractivity contribution in [1.82, 2.24) is 25.6 Å². The van der Waals surface area contributed by atoms with Crippen LogP contribution in [0.25, 0.3) is 10.8 Å². The van der Waals surface area contributed by atoms with E-state index in [4.69, 9.17) is 0 Å². The minimum atomic E-state index is -0.568. The summed E-state index contributed by atoms with van der Waals surface area (Å²) in [4.78, 5) is 41.6. The molecule has 0 aliphatic carbocycles. The van der Waals surface area contributed by atoms with Crippen molar-refractivity contribution in [3.8, 4) is 0 Å². The number of carbonyl (C=O) groups is 2. The second-order valence-electron chi connectivity index (χ2n) is 6.95. The van der Waals surface area contributed by atoms with E-state index in [0.29, 0.717) is 23.7 Å². The Bertz CT molecular complexity index is 1080. The first-order chi connectivity index (χ1) is 14.6. The number of unbranched alkanes of at least 4 members (excludes halogenated alkanes) is 2. The van der Waals surface area contributed by atoms with Crippen LogP contribution in [-0.2, 0) is 17.8 Å². The highest BCUT2D eigenvalue weighted by Gasteiger charge is 2.17. The van der Waals surface area contributed by atoms with Gasteiger partial charge in [0.15, 0.2) is 5.69 Å². The van der Waals surface area contributed by atoms with Crippen LogP contribution < -0.4 is 16.4 Å². The highest BCUT2D eigenvalue weighted by atomic mass is 16.2. The number of hydrazine groups is 1. The number of pyridine rings is 1. The lowest BCUT2D eigenvalue weighted by atomic mass is 10.1. The Morgan fingerprint density at radius 3 is 2.50 bits per heavy atom. The van der Waals surface area contributed by atoms with Crippen LogP contribution in [0.15, 0.2) is 53.5 Å². The molecule has 0 bridgehead atoms. The summed E-state index contributed by atoms with van der Waals surface area (Å²) in [5.74, 6) is -0.906. The van der Waals surface area contributed by atoms with Gasteiger partial charge in [0, 0.05) is 30.2 Å². The molecule has 2 amide bonds. The van der Waals surface area contributed by atoms with Gasteiger partial charge in [-0.15, -0.1) is 0 Å². The average Bonchev–Trinajstić information content (AvgIpc) is 2.78. The Morgan fingerprint density at radius 1 is 1.00 bits per heavy atom. The molecule has 0 unspecified atom stereocenters. The molecular weight excluding hydrogens is 382 g/mol. The Morgan fingerprint density at radius 2 is 1.77 bits per heavy atom. The molecule has 3 rings (SSSR count). The van der Waals surface area contributed by atoms with Gasteiger partial charge >= 0.3 is 0 Å². The maximum absolute atomic E-state index is 12.7. The number of rotatable bonds is 8. The van der Waals surface area contributed by atoms with Gasteiger partial charge < -0.3 is 0 Å². The number of aromatic nitrogens is 3. The van der Waals surface area contributed by atoms with Crippen molar-refractivity contribution in [2.24, 2.45) is 0 Å². The zero-order valence-electron chi connectivity index (χ0n) is 16.9. The fourth-order valence-electron chi connectivity index (χ4n) is 3.10. The molecule has 2 aromatic heterocycles. The van der Waals surface area contributed by atoms with Gasteiger partial charge in [-0.05, 0) is 31.0 Å². The molecule has 0 aliphatic rings. The van der Waals surface area contributed by atoms with Gasteiger partial charge in [-0.25, -0.2) is 4.68 Å². The summed E-state index contributed by atoms with van der Waals surface area (Å²) in [5, 5.41) is 5.15. The third-order valence-electron chi connectivity index (χ3n) is 4.71. The van der Waals surface area contributed by atoms with E-state index in [1.165, 1.54) is 4.68 Å². The smallest absolute Gasteiger partial charge is 0.273 e. The lowest BCUT2D eigenvalue weighted by Crippen LogP contribution is -2.43. The third kappa shape index (κ3) is 5.28. The average molecular weight is 407 g/mol. The number of fused-ring (bicyclic) bond motifs is 1. The molecule has 2 heterocycles. The molecule has 0 spiro atoms. The summed E-state index contributed by atoms with van der Waals surface area (Å²) in [6.45, 7) is 2.51. The van der Waals surface area contributed by atoms with Crippen LogP contribution in [0, 0.1) is 0 Å². The van der Waals surface area contributed by atoms with Gasteiger partial charge in [0.05, 0.1) is 5.39 Å². The first-order valence-corrected chi connectivity index (χ1v) is 10.1. The molecule has 0 saturated heterocycles. The largest absolute Gasteiger partial charge is 0.290 e. The second kappa shape index (κ2) is 10.3. The summed E-state index contributed by atoms with van der Waals surface area (Å²) in [6, 6.07) is 12.4. The number of amides is 2. The fraction of sp³-hybridized carbons (Fsp3) is 0.318. The van der Waals surface area contributed by atoms with Crippen LogP contribution in [0.1, 0.15) is 48.8 Å². The zero-order valence-corrected chi connectivity index (χ0v) is 16.9. The lowest BCUT2D eigenvalue weighted by molar-refractivity contribution is -0.121. The van der Waals surface area contributed by atoms with Crippen LogP contribution in [-0.4, -0.2) is 26.6 Å². The maximum atomic E-state index is 12.7. The zero-order chi connectivity index (χ0) is 21.3. The van der Waals surface area contributed by atoms with Crippen molar-refractivity contribution in [2.75, 3.05) is 0 Å². The van der Waals surface area contributed by atoms with Crippen LogP contribution in [0.3, 0.4) is 0 Å². The fourth-order valence-corrected chi connectivity index (χ4v) is 3.10. The Labute approximate surface area is 174 Å². The first kappa shape index (κ1) is 21.2. The van der Waals surface area contributed by atoms with Gasteiger partial charge in [-0.3, -0.25) is 30.2 Å². The summed E-state index contributed by atoms with van der Waals surface area (Å²) < 4.78 is 1.33. The third-order valence-corrected chi connectivity index (χ3v) is 4.71. The molecular formula is C22H25N5O3. The molecule has 0 aliphatic heterocycles. The molecule has 1 aromatic carbocycles. The van der Waals surface area contributed by atoms with E-state index in [9.17, 15) is 14.4 Å². The number of nitrogens with zero attached hydrogens (tertiary/aromatic N) is 3. The standard InChI is InChI=1S/C22H25N5O3/c1-2-3-8-15-27-22(30)18-11-5-4-10-17(18)20(26-27)21(29)25-24-19(28)13-12-16-9-6-7-14-23-16/h4-7,9-11,14H,2-3,8,12-13,15H2,1H3,(H,24,28)(H,25,29). The van der Waals surface area contributed by atoms with Gasteiger partial charge in [0.2, 0.25) is 5.91 Å². The second-order valence-corrected chi connectivity index (χ2v) is 6.95. The van der Waals surface area contributed by atoms with Gasteiger partial charge in [-0.1, -0.05) is 44.0 Å². The number of carbonyl (C=O) groups excluding carboxylic acids is 2. The first-order valence-electron chi connectivity index (χ1n) is 10.1. The summed E-state index contributed by atoms with van der Waals surface area (Å²) in [7, 11) is 0. The normalized spacial score (nSPS) is 10.7. The molecule has 0 fully saturated rings. The Hall–Kier alpha value is -3.55. The van der Waals surface area contributed by atoms with Crippen molar-refractivity contribution >= 4 is 22.6 Å². The minimum absolute atomic E-state index is 0.103. The molecule has 156 valence electrons. The summed E-state index contributed by atoms with van der Waals surface area (Å²) in [5.41, 5.74) is 5.49. The molecule has 0 radical (unpaired) electrons. The monoisotopic (exact) mass is 407 g/mol. The van der Waals surface area contributed by atoms with Crippen molar-refractivity contribution in [1.29, 1.82) is 0 Å². The van der Waals surface area contributed by atoms with Crippen LogP contribution in [0.2, 0.25) is 0 Å². The Kier molecular flexibility index (Phi) is 7.26. The van der Waals surface area contributed by atoms with E-state index in [-0.39, 0.29) is 23.6 Å². The van der Waals surface area contributed by atoms with Crippen LogP contribution in [0.5, 0.6) is 0 Å². The van der Waals surface area contributed by atoms with Crippen molar-refractivity contribution in [2.45, 2.75) is 45.6 Å². The predicted octanol–water partition coefficient (Wildman–Crippen LogP) is 2.38. The van der Waals surface area contributed by atoms with E-state index < -0.39 is 5.91 Å². The van der Waals surface area contributed by atoms with Gasteiger partial charge in [-0.2, -0.15) is 5.10 Å². The van der Waals surface area contributed by atoms with Crippen molar-refractivity contribution < 1.29 is 9.59 Å². The number of aryl methyl sites for hydroxylation is 2. The van der Waals surface area contributed by atoms with E-state index in [2.05, 4.69) is 27.9 Å². The van der Waals surface area contributed by atoms with Gasteiger partial charge in [0.25, 0.3) is 11.5 Å². The molecule has 0 atom stereocenters. The van der Waals surface area contributed by atoms with Gasteiger partial charge in [0.1, 0.15) is 0 Å². The van der Waals surface area contributed by atoms with E-state index >= 15 is 0 Å². The molecule has 2 N–H and O–H groups in total. The molecule has 3 aromatic rings. The molecule has 8 heteroatoms. The predicted molar refractivity (Wildman–Crippen MR) is 114 cm³/mol. The van der Waals surface area contributed by atoms with Crippen LogP contribution in [0.4, 0.5) is 0 Å². The van der Waals surface area contributed by atoms with E-state index in [0.717, 1.165) is 25.0 Å². The lowest BCUT2D eigenvalue weighted by Gasteiger charge is -2.12. The number of hydrogen-bond donors (Lipinski definition) is 2. The number of benzene rings is 1. The van der Waals surface area contributed by atoms with Crippen LogP contribution >= 0.6 is 0 Å². The topological polar surface area (TPSA) is 106 Å². The summed E-state index contributed by atoms with van der Waals surface area (Å²) in [6.07, 6.45) is 5.09. The molecule has 0 saturated carbocycles. The van der Waals surface area contributed by atoms with Crippen molar-refractivity contribution in [3.05, 3.63) is 70.4 Å². The highest BCUT2D eigenvalue weighted by molar-refractivity contribution is 6.05. The van der Waals surface area contributed by atoms with E-state index in [1.807, 2.05) is 18.2 Å². The number of hydrogen-bond acceptors (Lipinski definition) is 5. The molecule has 30 heavy (non-hydrogen) atoms. The quantitative estimate of drug-likeness (QED) is 0.440. The maximum Gasteiger partial charge on any atom is 0.290 e. The van der Waals surface area contributed by atoms with Crippen molar-refractivity contribution in [3.63, 3.8) is 0 Å². The Balaban J connectivity index is 1.71. The number of nitrogens with one attached hydrogen (secondary N) is 2. The summed E-state index contributed by atoms with van der Waals surface area (Å²) >= 11 is 0. The van der Waals surface area contributed by atoms with E-state index in [1.54, 1.807) is 30.5 Å². The molecule has 8 nitrogen and oxygen atoms in total. The SMILES string of the molecule is CCCCCn1nc(C(=O)NNC(=O)CCc2ccccn2)c2ccccc2c1=O.